The Hall–Kier alpha value is -2.73. The molecule has 1 saturated heterocycles. The highest BCUT2D eigenvalue weighted by molar-refractivity contribution is 5.93. The van der Waals surface area contributed by atoms with Crippen LogP contribution < -0.4 is 19.5 Å². The van der Waals surface area contributed by atoms with E-state index in [1.54, 1.807) is 0 Å². The minimum Gasteiger partial charge on any atom is -0.492 e. The van der Waals surface area contributed by atoms with Gasteiger partial charge in [-0.15, -0.1) is 0 Å². The largest absolute Gasteiger partial charge is 0.492 e. The standard InChI is InChI=1S/C22H26N2O4/c1-2-26-19-8-4-3-6-17(19)23-22(25)15-24-11-5-7-18(24)16-9-10-20-21(14-16)28-13-12-27-20/h3-4,6,8-10,14,18H,2,5,7,11-13,15H2,1H3,(H,23,25)/t18-/m0/s1. The van der Waals surface area contributed by atoms with Gasteiger partial charge < -0.3 is 19.5 Å². The normalized spacial score (nSPS) is 18.7. The van der Waals surface area contributed by atoms with Crippen molar-refractivity contribution in [3.8, 4) is 17.2 Å². The molecule has 0 aliphatic carbocycles. The second-order valence-corrected chi connectivity index (χ2v) is 7.01. The Morgan fingerprint density at radius 3 is 2.86 bits per heavy atom. The molecule has 1 fully saturated rings. The van der Waals surface area contributed by atoms with E-state index in [0.29, 0.717) is 37.8 Å². The van der Waals surface area contributed by atoms with Crippen molar-refractivity contribution < 1.29 is 19.0 Å². The molecule has 0 aromatic heterocycles. The molecule has 6 nitrogen and oxygen atoms in total. The van der Waals surface area contributed by atoms with Gasteiger partial charge in [0.05, 0.1) is 18.8 Å². The Bertz CT molecular complexity index is 839. The van der Waals surface area contributed by atoms with E-state index in [9.17, 15) is 4.79 Å². The van der Waals surface area contributed by atoms with E-state index in [0.717, 1.165) is 30.9 Å². The molecule has 2 aromatic rings. The molecule has 1 atom stereocenters. The molecule has 1 amide bonds. The van der Waals surface area contributed by atoms with Gasteiger partial charge >= 0.3 is 0 Å². The number of nitrogens with zero attached hydrogens (tertiary/aromatic N) is 1. The van der Waals surface area contributed by atoms with Gasteiger partial charge in [-0.3, -0.25) is 9.69 Å². The first kappa shape index (κ1) is 18.6. The highest BCUT2D eigenvalue weighted by Gasteiger charge is 2.29. The number of para-hydroxylation sites is 2. The minimum atomic E-state index is -0.0309. The molecule has 0 bridgehead atoms. The third kappa shape index (κ3) is 4.07. The Labute approximate surface area is 165 Å². The Morgan fingerprint density at radius 2 is 2.00 bits per heavy atom. The van der Waals surface area contributed by atoms with Crippen molar-refractivity contribution in [3.63, 3.8) is 0 Å². The maximum Gasteiger partial charge on any atom is 0.238 e. The van der Waals surface area contributed by atoms with E-state index in [1.165, 1.54) is 5.56 Å². The van der Waals surface area contributed by atoms with Gasteiger partial charge in [0.25, 0.3) is 0 Å². The van der Waals surface area contributed by atoms with Crippen LogP contribution in [0.25, 0.3) is 0 Å². The molecule has 0 unspecified atom stereocenters. The summed E-state index contributed by atoms with van der Waals surface area (Å²) in [5, 5.41) is 2.99. The van der Waals surface area contributed by atoms with Crippen molar-refractivity contribution in [2.75, 3.05) is 38.2 Å². The molecular formula is C22H26N2O4. The first-order valence-corrected chi connectivity index (χ1v) is 9.90. The second kappa shape index (κ2) is 8.52. The minimum absolute atomic E-state index is 0.0309. The van der Waals surface area contributed by atoms with Gasteiger partial charge in [0.15, 0.2) is 11.5 Å². The molecule has 0 saturated carbocycles. The number of likely N-dealkylation sites (tertiary alicyclic amines) is 1. The van der Waals surface area contributed by atoms with Crippen LogP contribution in [0.15, 0.2) is 42.5 Å². The molecule has 4 rings (SSSR count). The summed E-state index contributed by atoms with van der Waals surface area (Å²) < 4.78 is 16.9. The smallest absolute Gasteiger partial charge is 0.238 e. The zero-order valence-corrected chi connectivity index (χ0v) is 16.1. The maximum absolute atomic E-state index is 12.7. The van der Waals surface area contributed by atoms with E-state index in [2.05, 4.69) is 22.3 Å². The van der Waals surface area contributed by atoms with Crippen LogP contribution in [0, 0.1) is 0 Å². The second-order valence-electron chi connectivity index (χ2n) is 7.01. The van der Waals surface area contributed by atoms with Crippen LogP contribution >= 0.6 is 0 Å². The molecule has 0 spiro atoms. The molecule has 2 aliphatic heterocycles. The number of hydrogen-bond acceptors (Lipinski definition) is 5. The number of carbonyl (C=O) groups excluding carboxylic acids is 1. The lowest BCUT2D eigenvalue weighted by molar-refractivity contribution is -0.117. The molecule has 1 N–H and O–H groups in total. The van der Waals surface area contributed by atoms with Gasteiger partial charge in [-0.2, -0.15) is 0 Å². The number of anilines is 1. The molecule has 2 aromatic carbocycles. The number of benzene rings is 2. The number of rotatable bonds is 6. The van der Waals surface area contributed by atoms with Crippen LogP contribution in [-0.4, -0.2) is 43.7 Å². The lowest BCUT2D eigenvalue weighted by atomic mass is 10.0. The number of amides is 1. The third-order valence-electron chi connectivity index (χ3n) is 5.12. The lowest BCUT2D eigenvalue weighted by Gasteiger charge is -2.26. The highest BCUT2D eigenvalue weighted by Crippen LogP contribution is 2.38. The first-order valence-electron chi connectivity index (χ1n) is 9.90. The molecular weight excluding hydrogens is 356 g/mol. The van der Waals surface area contributed by atoms with E-state index in [4.69, 9.17) is 14.2 Å². The third-order valence-corrected chi connectivity index (χ3v) is 5.12. The Balaban J connectivity index is 1.43. The van der Waals surface area contributed by atoms with Crippen molar-refractivity contribution in [2.24, 2.45) is 0 Å². The van der Waals surface area contributed by atoms with Crippen LogP contribution in [0.3, 0.4) is 0 Å². The summed E-state index contributed by atoms with van der Waals surface area (Å²) in [6.07, 6.45) is 2.10. The SMILES string of the molecule is CCOc1ccccc1NC(=O)CN1CCC[C@H]1c1ccc2c(c1)OCCO2. The molecule has 6 heteroatoms. The van der Waals surface area contributed by atoms with Gasteiger partial charge in [-0.25, -0.2) is 0 Å². The molecule has 0 radical (unpaired) electrons. The van der Waals surface area contributed by atoms with Crippen LogP contribution in [0.2, 0.25) is 0 Å². The van der Waals surface area contributed by atoms with E-state index in [-0.39, 0.29) is 11.9 Å². The fraction of sp³-hybridized carbons (Fsp3) is 0.409. The summed E-state index contributed by atoms with van der Waals surface area (Å²) >= 11 is 0. The fourth-order valence-electron chi connectivity index (χ4n) is 3.89. The van der Waals surface area contributed by atoms with Gasteiger partial charge in [-0.1, -0.05) is 18.2 Å². The quantitative estimate of drug-likeness (QED) is 0.827. The van der Waals surface area contributed by atoms with E-state index >= 15 is 0 Å². The van der Waals surface area contributed by atoms with E-state index < -0.39 is 0 Å². The lowest BCUT2D eigenvalue weighted by Crippen LogP contribution is -2.33. The highest BCUT2D eigenvalue weighted by atomic mass is 16.6. The average molecular weight is 382 g/mol. The topological polar surface area (TPSA) is 60.0 Å². The van der Waals surface area contributed by atoms with Crippen LogP contribution in [-0.2, 0) is 4.79 Å². The molecule has 2 heterocycles. The van der Waals surface area contributed by atoms with Crippen molar-refractivity contribution >= 4 is 11.6 Å². The number of nitrogens with one attached hydrogen (secondary N) is 1. The van der Waals surface area contributed by atoms with Gasteiger partial charge in [0.1, 0.15) is 19.0 Å². The average Bonchev–Trinajstić information content (AvgIpc) is 3.17. The zero-order valence-electron chi connectivity index (χ0n) is 16.1. The van der Waals surface area contributed by atoms with Crippen molar-refractivity contribution in [2.45, 2.75) is 25.8 Å². The van der Waals surface area contributed by atoms with Gasteiger partial charge in [-0.05, 0) is 56.1 Å². The summed E-state index contributed by atoms with van der Waals surface area (Å²) in [4.78, 5) is 14.9. The zero-order chi connectivity index (χ0) is 19.3. The first-order chi connectivity index (χ1) is 13.7. The van der Waals surface area contributed by atoms with Crippen molar-refractivity contribution in [1.29, 1.82) is 0 Å². The Morgan fingerprint density at radius 1 is 1.18 bits per heavy atom. The van der Waals surface area contributed by atoms with Crippen LogP contribution in [0.1, 0.15) is 31.4 Å². The molecule has 28 heavy (non-hydrogen) atoms. The summed E-state index contributed by atoms with van der Waals surface area (Å²) in [5.74, 6) is 2.26. The molecule has 148 valence electrons. The monoisotopic (exact) mass is 382 g/mol. The van der Waals surface area contributed by atoms with Crippen LogP contribution in [0.5, 0.6) is 17.2 Å². The summed E-state index contributed by atoms with van der Waals surface area (Å²) in [7, 11) is 0. The Kier molecular flexibility index (Phi) is 5.67. The van der Waals surface area contributed by atoms with Gasteiger partial charge in [0, 0.05) is 6.04 Å². The predicted molar refractivity (Wildman–Crippen MR) is 107 cm³/mol. The molecule has 2 aliphatic rings. The summed E-state index contributed by atoms with van der Waals surface area (Å²) in [6, 6.07) is 13.9. The maximum atomic E-state index is 12.7. The van der Waals surface area contributed by atoms with Crippen molar-refractivity contribution in [1.82, 2.24) is 4.90 Å². The summed E-state index contributed by atoms with van der Waals surface area (Å²) in [5.41, 5.74) is 1.88. The van der Waals surface area contributed by atoms with Crippen LogP contribution in [0.4, 0.5) is 5.69 Å². The number of carbonyl (C=O) groups is 1. The van der Waals surface area contributed by atoms with Crippen molar-refractivity contribution in [3.05, 3.63) is 48.0 Å². The number of hydrogen-bond donors (Lipinski definition) is 1. The predicted octanol–water partition coefficient (Wildman–Crippen LogP) is 3.63. The number of fused-ring (bicyclic) bond motifs is 1. The van der Waals surface area contributed by atoms with E-state index in [1.807, 2.05) is 37.3 Å². The van der Waals surface area contributed by atoms with Gasteiger partial charge in [0.2, 0.25) is 5.91 Å². The number of ether oxygens (including phenoxy) is 3. The fourth-order valence-corrected chi connectivity index (χ4v) is 3.89. The summed E-state index contributed by atoms with van der Waals surface area (Å²) in [6.45, 7) is 4.91.